The van der Waals surface area contributed by atoms with E-state index in [2.05, 4.69) is 13.8 Å². The van der Waals surface area contributed by atoms with Crippen molar-refractivity contribution in [2.75, 3.05) is 6.61 Å². The Bertz CT molecular complexity index is 689. The predicted molar refractivity (Wildman–Crippen MR) is 121 cm³/mol. The first kappa shape index (κ1) is 23.3. The first-order valence-electron chi connectivity index (χ1n) is 13.0. The Hall–Kier alpha value is -0.900. The Labute approximate surface area is 188 Å². The number of esters is 1. The van der Waals surface area contributed by atoms with E-state index < -0.39 is 0 Å². The molecule has 0 spiro atoms. The van der Waals surface area contributed by atoms with E-state index in [1.54, 1.807) is 0 Å². The molecular weight excluding hydrogens is 388 g/mol. The number of Topliss-reactive ketones (excluding diaryl/α,β-unsaturated/α-hetero) is 1. The van der Waals surface area contributed by atoms with Gasteiger partial charge < -0.3 is 9.84 Å². The fourth-order valence-corrected chi connectivity index (χ4v) is 8.79. The van der Waals surface area contributed by atoms with Gasteiger partial charge in [0, 0.05) is 12.5 Å². The fourth-order valence-electron chi connectivity index (χ4n) is 8.79. The van der Waals surface area contributed by atoms with E-state index >= 15 is 0 Å². The first-order chi connectivity index (χ1) is 14.7. The third-order valence-corrected chi connectivity index (χ3v) is 10.6. The summed E-state index contributed by atoms with van der Waals surface area (Å²) in [5.74, 6) is 3.43. The molecule has 4 saturated carbocycles. The minimum absolute atomic E-state index is 0.0705. The maximum absolute atomic E-state index is 12.5. The summed E-state index contributed by atoms with van der Waals surface area (Å²) in [5.41, 5.74) is 0.595. The molecule has 176 valence electrons. The van der Waals surface area contributed by atoms with Gasteiger partial charge in [-0.3, -0.25) is 9.59 Å². The Morgan fingerprint density at radius 1 is 1.00 bits per heavy atom. The van der Waals surface area contributed by atoms with E-state index in [0.29, 0.717) is 30.0 Å². The zero-order valence-corrected chi connectivity index (χ0v) is 20.2. The summed E-state index contributed by atoms with van der Waals surface area (Å²) in [6, 6.07) is 0. The first-order valence-corrected chi connectivity index (χ1v) is 13.0. The molecule has 0 radical (unpaired) electrons. The van der Waals surface area contributed by atoms with Crippen LogP contribution in [0, 0.1) is 46.3 Å². The second-order valence-corrected chi connectivity index (χ2v) is 12.0. The van der Waals surface area contributed by atoms with E-state index in [0.717, 1.165) is 37.0 Å². The summed E-state index contributed by atoms with van der Waals surface area (Å²) in [4.78, 5) is 24.8. The van der Waals surface area contributed by atoms with Crippen molar-refractivity contribution in [3.63, 3.8) is 0 Å². The molecule has 0 aromatic rings. The van der Waals surface area contributed by atoms with Crippen LogP contribution in [0.15, 0.2) is 0 Å². The molecule has 0 aromatic carbocycles. The van der Waals surface area contributed by atoms with Crippen LogP contribution in [0.5, 0.6) is 0 Å². The lowest BCUT2D eigenvalue weighted by Gasteiger charge is -2.61. The van der Waals surface area contributed by atoms with Gasteiger partial charge in [0.05, 0.1) is 5.92 Å². The van der Waals surface area contributed by atoms with E-state index in [4.69, 9.17) is 9.84 Å². The molecule has 9 unspecified atom stereocenters. The van der Waals surface area contributed by atoms with Gasteiger partial charge in [0.2, 0.25) is 0 Å². The molecular formula is C27H44O4. The van der Waals surface area contributed by atoms with Crippen LogP contribution in [-0.4, -0.2) is 29.6 Å². The average Bonchev–Trinajstić information content (AvgIpc) is 3.09. The minimum atomic E-state index is -0.121. The number of hydrogen-bond acceptors (Lipinski definition) is 4. The van der Waals surface area contributed by atoms with Gasteiger partial charge in [-0.05, 0) is 112 Å². The van der Waals surface area contributed by atoms with Crippen LogP contribution in [0.4, 0.5) is 0 Å². The maximum atomic E-state index is 12.5. The van der Waals surface area contributed by atoms with Gasteiger partial charge in [-0.1, -0.05) is 20.8 Å². The third-order valence-electron chi connectivity index (χ3n) is 10.6. The number of hydrogen-bond donors (Lipinski definition) is 1. The van der Waals surface area contributed by atoms with Crippen LogP contribution in [0.25, 0.3) is 0 Å². The Morgan fingerprint density at radius 2 is 1.71 bits per heavy atom. The molecule has 4 aliphatic carbocycles. The number of fused-ring (bicyclic) bond motifs is 5. The van der Waals surface area contributed by atoms with Crippen LogP contribution < -0.4 is 0 Å². The number of rotatable bonds is 6. The van der Waals surface area contributed by atoms with Gasteiger partial charge in [0.25, 0.3) is 0 Å². The van der Waals surface area contributed by atoms with E-state index in [1.807, 2.05) is 13.8 Å². The lowest BCUT2D eigenvalue weighted by atomic mass is 9.44. The van der Waals surface area contributed by atoms with Gasteiger partial charge in [-0.2, -0.15) is 0 Å². The second kappa shape index (κ2) is 8.80. The van der Waals surface area contributed by atoms with Gasteiger partial charge >= 0.3 is 5.97 Å². The molecule has 0 amide bonds. The van der Waals surface area contributed by atoms with Crippen molar-refractivity contribution in [3.8, 4) is 0 Å². The highest BCUT2D eigenvalue weighted by atomic mass is 16.5. The molecule has 4 rings (SSSR count). The number of aliphatic hydroxyl groups is 1. The van der Waals surface area contributed by atoms with Crippen molar-refractivity contribution in [2.24, 2.45) is 46.3 Å². The van der Waals surface area contributed by atoms with E-state index in [-0.39, 0.29) is 35.9 Å². The van der Waals surface area contributed by atoms with Crippen LogP contribution in [0.2, 0.25) is 0 Å². The van der Waals surface area contributed by atoms with Gasteiger partial charge in [-0.25, -0.2) is 0 Å². The van der Waals surface area contributed by atoms with Crippen LogP contribution in [0.3, 0.4) is 0 Å². The topological polar surface area (TPSA) is 63.6 Å². The van der Waals surface area contributed by atoms with Gasteiger partial charge in [0.15, 0.2) is 0 Å². The van der Waals surface area contributed by atoms with Crippen molar-refractivity contribution in [1.82, 2.24) is 0 Å². The molecule has 0 bridgehead atoms. The third kappa shape index (κ3) is 4.00. The molecule has 0 heterocycles. The number of carbonyl (C=O) groups is 2. The molecule has 0 aromatic heterocycles. The number of ether oxygens (including phenoxy) is 1. The standard InChI is InChI=1S/C27H44O4/c1-17(6-5-15-28)25(30)31-20-11-13-26(3)19(16-20)7-8-21-23-10-9-22(18(2)29)27(23,4)14-12-24(21)26/h17,19-24,28H,5-16H2,1-4H3. The van der Waals surface area contributed by atoms with Crippen LogP contribution >= 0.6 is 0 Å². The van der Waals surface area contributed by atoms with E-state index in [1.165, 1.54) is 38.5 Å². The number of carbonyl (C=O) groups excluding carboxylic acids is 2. The number of aliphatic hydroxyl groups excluding tert-OH is 1. The highest BCUT2D eigenvalue weighted by molar-refractivity contribution is 5.79. The monoisotopic (exact) mass is 432 g/mol. The Kier molecular flexibility index (Phi) is 6.60. The van der Waals surface area contributed by atoms with Crippen molar-refractivity contribution in [3.05, 3.63) is 0 Å². The summed E-state index contributed by atoms with van der Waals surface area (Å²) in [6.45, 7) is 8.84. The Balaban J connectivity index is 1.41. The van der Waals surface area contributed by atoms with Crippen molar-refractivity contribution in [2.45, 2.75) is 104 Å². The van der Waals surface area contributed by atoms with Crippen LogP contribution in [-0.2, 0) is 14.3 Å². The number of ketones is 1. The summed E-state index contributed by atoms with van der Waals surface area (Å²) in [7, 11) is 0. The smallest absolute Gasteiger partial charge is 0.308 e. The van der Waals surface area contributed by atoms with E-state index in [9.17, 15) is 9.59 Å². The molecule has 1 N–H and O–H groups in total. The molecule has 31 heavy (non-hydrogen) atoms. The summed E-state index contributed by atoms with van der Waals surface area (Å²) < 4.78 is 5.95. The minimum Gasteiger partial charge on any atom is -0.462 e. The fraction of sp³-hybridized carbons (Fsp3) is 0.926. The highest BCUT2D eigenvalue weighted by Gasteiger charge is 2.60. The molecule has 0 saturated heterocycles. The second-order valence-electron chi connectivity index (χ2n) is 12.0. The van der Waals surface area contributed by atoms with Crippen molar-refractivity contribution < 1.29 is 19.4 Å². The Morgan fingerprint density at radius 3 is 2.42 bits per heavy atom. The molecule has 9 atom stereocenters. The zero-order chi connectivity index (χ0) is 22.4. The van der Waals surface area contributed by atoms with Crippen molar-refractivity contribution in [1.29, 1.82) is 0 Å². The lowest BCUT2D eigenvalue weighted by molar-refractivity contribution is -0.166. The van der Waals surface area contributed by atoms with Crippen molar-refractivity contribution >= 4 is 11.8 Å². The van der Waals surface area contributed by atoms with Gasteiger partial charge in [-0.15, -0.1) is 0 Å². The molecule has 4 fully saturated rings. The summed E-state index contributed by atoms with van der Waals surface area (Å²) in [5, 5.41) is 9.02. The maximum Gasteiger partial charge on any atom is 0.308 e. The molecule has 0 aliphatic heterocycles. The van der Waals surface area contributed by atoms with Gasteiger partial charge in [0.1, 0.15) is 11.9 Å². The summed E-state index contributed by atoms with van der Waals surface area (Å²) >= 11 is 0. The predicted octanol–water partition coefficient (Wildman–Crippen LogP) is 5.55. The lowest BCUT2D eigenvalue weighted by Crippen LogP contribution is -2.54. The van der Waals surface area contributed by atoms with Crippen LogP contribution in [0.1, 0.15) is 98.3 Å². The normalized spacial score (nSPS) is 45.2. The zero-order valence-electron chi connectivity index (χ0n) is 20.2. The molecule has 4 aliphatic rings. The largest absolute Gasteiger partial charge is 0.462 e. The molecule has 4 nitrogen and oxygen atoms in total. The highest BCUT2D eigenvalue weighted by Crippen LogP contribution is 2.67. The summed E-state index contributed by atoms with van der Waals surface area (Å²) in [6.07, 6.45) is 12.0. The SMILES string of the molecule is CC(=O)C1CCC2C3CCC4CC(OC(=O)C(C)CCCO)CCC4(C)C3CCC12C. The quantitative estimate of drug-likeness (QED) is 0.559. The molecule has 4 heteroatoms. The average molecular weight is 433 g/mol.